The Morgan fingerprint density at radius 3 is 2.63 bits per heavy atom. The molecule has 104 valence electrons. The van der Waals surface area contributed by atoms with Gasteiger partial charge in [-0.05, 0) is 24.5 Å². The number of nitrogens with zero attached hydrogens (tertiary/aromatic N) is 1. The van der Waals surface area contributed by atoms with Crippen LogP contribution in [0, 0.1) is 0 Å². The highest BCUT2D eigenvalue weighted by Gasteiger charge is 2.33. The number of rotatable bonds is 4. The third-order valence-electron chi connectivity index (χ3n) is 3.89. The number of amides is 1. The Morgan fingerprint density at radius 2 is 2.00 bits per heavy atom. The molecule has 3 N–H and O–H groups in total. The van der Waals surface area contributed by atoms with Crippen LogP contribution in [-0.4, -0.2) is 35.1 Å². The molecule has 1 aromatic rings. The Labute approximate surface area is 114 Å². The predicted molar refractivity (Wildman–Crippen MR) is 75.6 cm³/mol. The number of anilines is 1. The van der Waals surface area contributed by atoms with Crippen molar-refractivity contribution in [1.82, 2.24) is 4.90 Å². The zero-order valence-corrected chi connectivity index (χ0v) is 11.4. The molecule has 4 heteroatoms. The number of carbonyl (C=O) groups excluding carboxylic acids is 1. The molecule has 0 atom stereocenters. The van der Waals surface area contributed by atoms with Gasteiger partial charge >= 0.3 is 0 Å². The van der Waals surface area contributed by atoms with Gasteiger partial charge in [0, 0.05) is 19.3 Å². The summed E-state index contributed by atoms with van der Waals surface area (Å²) in [7, 11) is 1.75. The Morgan fingerprint density at radius 1 is 1.37 bits per heavy atom. The molecular formula is C15H22N2O2. The van der Waals surface area contributed by atoms with Crippen LogP contribution >= 0.6 is 0 Å². The summed E-state index contributed by atoms with van der Waals surface area (Å²) in [6.45, 7) is 0.415. The minimum atomic E-state index is -0.688. The van der Waals surface area contributed by atoms with Gasteiger partial charge in [-0.15, -0.1) is 0 Å². The smallest absolute Gasteiger partial charge is 0.226 e. The van der Waals surface area contributed by atoms with Gasteiger partial charge in [-0.25, -0.2) is 0 Å². The molecular weight excluding hydrogens is 240 g/mol. The first-order chi connectivity index (χ1) is 9.00. The number of hydrogen-bond acceptors (Lipinski definition) is 3. The summed E-state index contributed by atoms with van der Waals surface area (Å²) in [5.74, 6) is -0.00164. The second-order valence-electron chi connectivity index (χ2n) is 5.56. The van der Waals surface area contributed by atoms with E-state index >= 15 is 0 Å². The molecule has 0 heterocycles. The molecule has 4 nitrogen and oxygen atoms in total. The Kier molecular flexibility index (Phi) is 4.10. The van der Waals surface area contributed by atoms with Crippen molar-refractivity contribution in [1.29, 1.82) is 0 Å². The number of nitrogen functional groups attached to an aromatic ring is 1. The Bertz CT molecular complexity index is 453. The summed E-state index contributed by atoms with van der Waals surface area (Å²) >= 11 is 0. The minimum Gasteiger partial charge on any atom is -0.398 e. The summed E-state index contributed by atoms with van der Waals surface area (Å²) in [6.07, 6.45) is 3.96. The third kappa shape index (κ3) is 3.47. The molecule has 0 bridgehead atoms. The van der Waals surface area contributed by atoms with Gasteiger partial charge in [-0.1, -0.05) is 31.0 Å². The average molecular weight is 262 g/mol. The molecule has 0 aromatic heterocycles. The van der Waals surface area contributed by atoms with Crippen LogP contribution < -0.4 is 5.73 Å². The van der Waals surface area contributed by atoms with Crippen molar-refractivity contribution in [3.8, 4) is 0 Å². The molecule has 0 saturated heterocycles. The van der Waals surface area contributed by atoms with Crippen molar-refractivity contribution < 1.29 is 9.90 Å². The molecule has 19 heavy (non-hydrogen) atoms. The summed E-state index contributed by atoms with van der Waals surface area (Å²) in [4.78, 5) is 13.8. The van der Waals surface area contributed by atoms with Crippen molar-refractivity contribution in [2.24, 2.45) is 0 Å². The van der Waals surface area contributed by atoms with Gasteiger partial charge in [-0.2, -0.15) is 0 Å². The lowest BCUT2D eigenvalue weighted by Gasteiger charge is -2.28. The molecule has 0 aliphatic heterocycles. The van der Waals surface area contributed by atoms with Gasteiger partial charge in [0.25, 0.3) is 0 Å². The number of para-hydroxylation sites is 1. The van der Waals surface area contributed by atoms with Crippen molar-refractivity contribution in [3.63, 3.8) is 0 Å². The maximum absolute atomic E-state index is 12.2. The van der Waals surface area contributed by atoms with E-state index in [0.717, 1.165) is 31.2 Å². The summed E-state index contributed by atoms with van der Waals surface area (Å²) in [6, 6.07) is 7.40. The van der Waals surface area contributed by atoms with Crippen LogP contribution in [0.15, 0.2) is 24.3 Å². The van der Waals surface area contributed by atoms with Crippen molar-refractivity contribution in [3.05, 3.63) is 29.8 Å². The Balaban J connectivity index is 1.94. The number of hydrogen-bond donors (Lipinski definition) is 2. The summed E-state index contributed by atoms with van der Waals surface area (Å²) < 4.78 is 0. The molecule has 1 aliphatic carbocycles. The van der Waals surface area contributed by atoms with Gasteiger partial charge in [0.05, 0.1) is 12.0 Å². The van der Waals surface area contributed by atoms with E-state index < -0.39 is 5.60 Å². The monoisotopic (exact) mass is 262 g/mol. The van der Waals surface area contributed by atoms with Crippen molar-refractivity contribution >= 4 is 11.6 Å². The first kappa shape index (κ1) is 13.9. The van der Waals surface area contributed by atoms with E-state index in [-0.39, 0.29) is 5.91 Å². The molecule has 1 amide bonds. The first-order valence-corrected chi connectivity index (χ1v) is 6.80. The molecule has 1 aromatic carbocycles. The number of nitrogens with two attached hydrogens (primary N) is 1. The van der Waals surface area contributed by atoms with Crippen LogP contribution in [0.4, 0.5) is 5.69 Å². The van der Waals surface area contributed by atoms with E-state index in [1.54, 1.807) is 18.0 Å². The fourth-order valence-corrected chi connectivity index (χ4v) is 2.71. The lowest BCUT2D eigenvalue weighted by Crippen LogP contribution is -2.42. The molecule has 1 aliphatic rings. The quantitative estimate of drug-likeness (QED) is 0.809. The lowest BCUT2D eigenvalue weighted by atomic mass is 10.0. The van der Waals surface area contributed by atoms with Crippen LogP contribution in [-0.2, 0) is 11.2 Å². The molecule has 0 unspecified atom stereocenters. The number of aliphatic hydroxyl groups is 1. The molecule has 2 rings (SSSR count). The molecule has 1 fully saturated rings. The van der Waals surface area contributed by atoms with E-state index in [1.807, 2.05) is 18.2 Å². The Hall–Kier alpha value is -1.55. The maximum Gasteiger partial charge on any atom is 0.226 e. The van der Waals surface area contributed by atoms with Crippen LogP contribution in [0.3, 0.4) is 0 Å². The second kappa shape index (κ2) is 5.61. The van der Waals surface area contributed by atoms with Crippen LogP contribution in [0.5, 0.6) is 0 Å². The number of carbonyl (C=O) groups is 1. The van der Waals surface area contributed by atoms with Gasteiger partial charge in [-0.3, -0.25) is 4.79 Å². The predicted octanol–water partition coefficient (Wildman–Crippen LogP) is 1.57. The summed E-state index contributed by atoms with van der Waals surface area (Å²) in [5, 5.41) is 10.3. The van der Waals surface area contributed by atoms with E-state index in [1.165, 1.54) is 0 Å². The first-order valence-electron chi connectivity index (χ1n) is 6.80. The highest BCUT2D eigenvalue weighted by atomic mass is 16.3. The number of likely N-dealkylation sites (N-methyl/N-ethyl adjacent to an activating group) is 1. The van der Waals surface area contributed by atoms with Crippen LogP contribution in [0.1, 0.15) is 31.2 Å². The minimum absolute atomic E-state index is 0.00164. The van der Waals surface area contributed by atoms with E-state index in [4.69, 9.17) is 5.73 Å². The zero-order chi connectivity index (χ0) is 13.9. The zero-order valence-electron chi connectivity index (χ0n) is 11.4. The highest BCUT2D eigenvalue weighted by Crippen LogP contribution is 2.30. The average Bonchev–Trinajstić information content (AvgIpc) is 2.78. The number of benzene rings is 1. The topological polar surface area (TPSA) is 66.6 Å². The third-order valence-corrected chi connectivity index (χ3v) is 3.89. The standard InChI is InChI=1S/C15H22N2O2/c1-17(11-15(19)8-4-5-9-15)14(18)10-12-6-2-3-7-13(12)16/h2-3,6-7,19H,4-5,8-11,16H2,1H3. The SMILES string of the molecule is CN(CC1(O)CCCC1)C(=O)Cc1ccccc1N. The van der Waals surface area contributed by atoms with Gasteiger partial charge < -0.3 is 15.7 Å². The normalized spacial score (nSPS) is 17.4. The molecule has 1 saturated carbocycles. The fourth-order valence-electron chi connectivity index (χ4n) is 2.71. The van der Waals surface area contributed by atoms with Crippen LogP contribution in [0.2, 0.25) is 0 Å². The van der Waals surface area contributed by atoms with Crippen molar-refractivity contribution in [2.75, 3.05) is 19.3 Å². The second-order valence-corrected chi connectivity index (χ2v) is 5.56. The largest absolute Gasteiger partial charge is 0.398 e. The fraction of sp³-hybridized carbons (Fsp3) is 0.533. The van der Waals surface area contributed by atoms with E-state index in [0.29, 0.717) is 18.7 Å². The van der Waals surface area contributed by atoms with Crippen LogP contribution in [0.25, 0.3) is 0 Å². The molecule has 0 spiro atoms. The van der Waals surface area contributed by atoms with Gasteiger partial charge in [0.15, 0.2) is 0 Å². The summed E-state index contributed by atoms with van der Waals surface area (Å²) in [5.41, 5.74) is 6.64. The van der Waals surface area contributed by atoms with E-state index in [2.05, 4.69) is 0 Å². The molecule has 0 radical (unpaired) electrons. The lowest BCUT2D eigenvalue weighted by molar-refractivity contribution is -0.132. The van der Waals surface area contributed by atoms with Gasteiger partial charge in [0.2, 0.25) is 5.91 Å². The van der Waals surface area contributed by atoms with E-state index in [9.17, 15) is 9.90 Å². The van der Waals surface area contributed by atoms with Gasteiger partial charge in [0.1, 0.15) is 0 Å². The van der Waals surface area contributed by atoms with Crippen molar-refractivity contribution in [2.45, 2.75) is 37.7 Å². The highest BCUT2D eigenvalue weighted by molar-refractivity contribution is 5.80. The maximum atomic E-state index is 12.2.